The van der Waals surface area contributed by atoms with Gasteiger partial charge in [0, 0.05) is 25.9 Å². The van der Waals surface area contributed by atoms with Gasteiger partial charge in [-0.15, -0.1) is 0 Å². The summed E-state index contributed by atoms with van der Waals surface area (Å²) in [5, 5.41) is 4.33. The molecule has 1 amide bonds. The van der Waals surface area contributed by atoms with Gasteiger partial charge in [0.15, 0.2) is 10.5 Å². The number of hydrogen-bond acceptors (Lipinski definition) is 4. The summed E-state index contributed by atoms with van der Waals surface area (Å²) in [6, 6.07) is 8.03. The van der Waals surface area contributed by atoms with Crippen molar-refractivity contribution in [3.8, 4) is 0 Å². The molecule has 2 heterocycles. The van der Waals surface area contributed by atoms with Gasteiger partial charge in [0.2, 0.25) is 0 Å². The SMILES string of the molecule is CCn1nc(C(=O)N=c2sc3cc(C)ccc3n2CCOC)cc1C. The van der Waals surface area contributed by atoms with Crippen LogP contribution in [0.4, 0.5) is 0 Å². The zero-order valence-electron chi connectivity index (χ0n) is 14.9. The molecular formula is C18H22N4O2S. The molecule has 3 aromatic rings. The van der Waals surface area contributed by atoms with Crippen LogP contribution in [0.5, 0.6) is 0 Å². The molecular weight excluding hydrogens is 336 g/mol. The molecule has 0 radical (unpaired) electrons. The number of methoxy groups -OCH3 is 1. The van der Waals surface area contributed by atoms with Crippen molar-refractivity contribution < 1.29 is 9.53 Å². The van der Waals surface area contributed by atoms with Crippen molar-refractivity contribution in [3.05, 3.63) is 46.0 Å². The Morgan fingerprint density at radius 2 is 2.12 bits per heavy atom. The summed E-state index contributed by atoms with van der Waals surface area (Å²) in [7, 11) is 1.67. The normalized spacial score (nSPS) is 12.2. The molecule has 25 heavy (non-hydrogen) atoms. The van der Waals surface area contributed by atoms with Crippen LogP contribution < -0.4 is 4.80 Å². The number of thiazole rings is 1. The van der Waals surface area contributed by atoms with Gasteiger partial charge in [-0.1, -0.05) is 17.4 Å². The molecule has 0 spiro atoms. The fourth-order valence-electron chi connectivity index (χ4n) is 2.74. The first kappa shape index (κ1) is 17.6. The maximum absolute atomic E-state index is 12.6. The molecule has 0 atom stereocenters. The van der Waals surface area contributed by atoms with Gasteiger partial charge in [-0.2, -0.15) is 10.1 Å². The molecule has 0 unspecified atom stereocenters. The van der Waals surface area contributed by atoms with Gasteiger partial charge in [0.25, 0.3) is 5.91 Å². The lowest BCUT2D eigenvalue weighted by molar-refractivity contribution is 0.0992. The molecule has 6 nitrogen and oxygen atoms in total. The van der Waals surface area contributed by atoms with E-state index in [2.05, 4.69) is 35.2 Å². The van der Waals surface area contributed by atoms with Crippen molar-refractivity contribution in [1.29, 1.82) is 0 Å². The Morgan fingerprint density at radius 3 is 2.80 bits per heavy atom. The summed E-state index contributed by atoms with van der Waals surface area (Å²) in [6.07, 6.45) is 0. The van der Waals surface area contributed by atoms with Crippen LogP contribution in [-0.4, -0.2) is 34.0 Å². The van der Waals surface area contributed by atoms with Crippen LogP contribution in [0.15, 0.2) is 29.3 Å². The third kappa shape index (κ3) is 3.57. The highest BCUT2D eigenvalue weighted by Gasteiger charge is 2.13. The van der Waals surface area contributed by atoms with Crippen LogP contribution in [0.3, 0.4) is 0 Å². The van der Waals surface area contributed by atoms with E-state index in [1.807, 2.05) is 18.4 Å². The van der Waals surface area contributed by atoms with E-state index in [0.29, 0.717) is 23.6 Å². The van der Waals surface area contributed by atoms with Crippen molar-refractivity contribution in [1.82, 2.24) is 14.3 Å². The lowest BCUT2D eigenvalue weighted by atomic mass is 10.2. The lowest BCUT2D eigenvalue weighted by Gasteiger charge is -2.04. The quantitative estimate of drug-likeness (QED) is 0.704. The van der Waals surface area contributed by atoms with Gasteiger partial charge < -0.3 is 9.30 Å². The van der Waals surface area contributed by atoms with Gasteiger partial charge >= 0.3 is 0 Å². The Kier molecular flexibility index (Phi) is 5.15. The van der Waals surface area contributed by atoms with Crippen LogP contribution in [0.1, 0.15) is 28.7 Å². The van der Waals surface area contributed by atoms with Gasteiger partial charge in [-0.25, -0.2) is 0 Å². The zero-order valence-corrected chi connectivity index (χ0v) is 15.8. The summed E-state index contributed by atoms with van der Waals surface area (Å²) in [5.74, 6) is -0.315. The largest absolute Gasteiger partial charge is 0.383 e. The maximum Gasteiger partial charge on any atom is 0.300 e. The topological polar surface area (TPSA) is 61.4 Å². The van der Waals surface area contributed by atoms with Crippen molar-refractivity contribution in [3.63, 3.8) is 0 Å². The lowest BCUT2D eigenvalue weighted by Crippen LogP contribution is -2.19. The molecule has 1 aromatic carbocycles. The zero-order chi connectivity index (χ0) is 18.0. The van der Waals surface area contributed by atoms with Gasteiger partial charge in [0.1, 0.15) is 0 Å². The second-order valence-corrected chi connectivity index (χ2v) is 6.91. The minimum absolute atomic E-state index is 0.315. The van der Waals surface area contributed by atoms with Crippen LogP contribution in [-0.2, 0) is 17.8 Å². The Labute approximate surface area is 150 Å². The van der Waals surface area contributed by atoms with E-state index in [9.17, 15) is 4.79 Å². The summed E-state index contributed by atoms with van der Waals surface area (Å²) in [5.41, 5.74) is 3.59. The fourth-order valence-corrected chi connectivity index (χ4v) is 3.90. The van der Waals surface area contributed by atoms with E-state index in [0.717, 1.165) is 22.5 Å². The summed E-state index contributed by atoms with van der Waals surface area (Å²) in [6.45, 7) is 7.93. The summed E-state index contributed by atoms with van der Waals surface area (Å²) in [4.78, 5) is 17.6. The predicted octanol–water partition coefficient (Wildman–Crippen LogP) is 2.92. The van der Waals surface area contributed by atoms with Gasteiger partial charge in [-0.05, 0) is 44.5 Å². The van der Waals surface area contributed by atoms with E-state index >= 15 is 0 Å². The van der Waals surface area contributed by atoms with Crippen LogP contribution in [0.2, 0.25) is 0 Å². The van der Waals surface area contributed by atoms with Crippen LogP contribution >= 0.6 is 11.3 Å². The number of ether oxygens (including phenoxy) is 1. The average Bonchev–Trinajstić information content (AvgIpc) is 3.12. The average molecular weight is 358 g/mol. The summed E-state index contributed by atoms with van der Waals surface area (Å²) < 4.78 is 10.2. The van der Waals surface area contributed by atoms with Crippen LogP contribution in [0, 0.1) is 13.8 Å². The molecule has 2 aromatic heterocycles. The molecule has 0 fully saturated rings. The third-order valence-electron chi connectivity index (χ3n) is 4.05. The Hall–Kier alpha value is -2.25. The molecule has 0 aliphatic heterocycles. The van der Waals surface area contributed by atoms with Gasteiger partial charge in [-0.3, -0.25) is 9.48 Å². The Morgan fingerprint density at radius 1 is 1.32 bits per heavy atom. The number of carbonyl (C=O) groups is 1. The number of aromatic nitrogens is 3. The van der Waals surface area contributed by atoms with Crippen molar-refractivity contribution in [2.45, 2.75) is 33.9 Å². The fraction of sp³-hybridized carbons (Fsp3) is 0.389. The first-order valence-electron chi connectivity index (χ1n) is 8.26. The number of benzene rings is 1. The van der Waals surface area contributed by atoms with E-state index in [1.54, 1.807) is 17.9 Å². The van der Waals surface area contributed by atoms with E-state index in [-0.39, 0.29) is 5.91 Å². The maximum atomic E-state index is 12.6. The molecule has 3 rings (SSSR count). The standard InChI is InChI=1S/C18H22N4O2S/c1-5-22-13(3)11-14(20-22)17(23)19-18-21(8-9-24-4)15-7-6-12(2)10-16(15)25-18/h6-7,10-11H,5,8-9H2,1-4H3. The molecule has 0 N–H and O–H groups in total. The molecule has 0 bridgehead atoms. The van der Waals surface area contributed by atoms with Crippen molar-refractivity contribution in [2.75, 3.05) is 13.7 Å². The predicted molar refractivity (Wildman–Crippen MR) is 99.0 cm³/mol. The smallest absolute Gasteiger partial charge is 0.300 e. The van der Waals surface area contributed by atoms with E-state index in [4.69, 9.17) is 4.74 Å². The minimum atomic E-state index is -0.315. The van der Waals surface area contributed by atoms with Gasteiger partial charge in [0.05, 0.1) is 16.8 Å². The number of carbonyl (C=O) groups excluding carboxylic acids is 1. The first-order valence-corrected chi connectivity index (χ1v) is 9.07. The molecule has 132 valence electrons. The Balaban J connectivity index is 2.08. The number of nitrogens with zero attached hydrogens (tertiary/aromatic N) is 4. The molecule has 7 heteroatoms. The van der Waals surface area contributed by atoms with Crippen molar-refractivity contribution >= 4 is 27.5 Å². The molecule has 0 saturated heterocycles. The molecule has 0 saturated carbocycles. The second-order valence-electron chi connectivity index (χ2n) is 5.90. The number of fused-ring (bicyclic) bond motifs is 1. The summed E-state index contributed by atoms with van der Waals surface area (Å²) >= 11 is 1.51. The second kappa shape index (κ2) is 7.33. The number of amides is 1. The highest BCUT2D eigenvalue weighted by molar-refractivity contribution is 7.16. The number of rotatable bonds is 5. The van der Waals surface area contributed by atoms with Crippen LogP contribution in [0.25, 0.3) is 10.2 Å². The number of hydrogen-bond donors (Lipinski definition) is 0. The van der Waals surface area contributed by atoms with E-state index < -0.39 is 0 Å². The molecule has 0 aliphatic carbocycles. The highest BCUT2D eigenvalue weighted by Crippen LogP contribution is 2.19. The monoisotopic (exact) mass is 358 g/mol. The minimum Gasteiger partial charge on any atom is -0.383 e. The van der Waals surface area contributed by atoms with E-state index in [1.165, 1.54) is 16.9 Å². The first-order chi connectivity index (χ1) is 12.0. The number of aryl methyl sites for hydroxylation is 3. The third-order valence-corrected chi connectivity index (χ3v) is 5.10. The molecule has 0 aliphatic rings. The van der Waals surface area contributed by atoms with Crippen molar-refractivity contribution in [2.24, 2.45) is 4.99 Å². The Bertz CT molecular complexity index is 981. The highest BCUT2D eigenvalue weighted by atomic mass is 32.1.